The Kier molecular flexibility index (Phi) is 5.00. The Morgan fingerprint density at radius 2 is 1.77 bits per heavy atom. The number of rotatable bonds is 4. The smallest absolute Gasteiger partial charge is 0.266 e. The van der Waals surface area contributed by atoms with Gasteiger partial charge in [0.05, 0.1) is 11.5 Å². The van der Waals surface area contributed by atoms with Crippen molar-refractivity contribution >= 4 is 40.0 Å². The second-order valence-corrected chi connectivity index (χ2v) is 11.5. The SMILES string of the molecule is O=C1C(=CC2OC(c3ccccc3)=CC2CO)SC(=S)N1C1C2CC3CC(C2)CC1C3. The summed E-state index contributed by atoms with van der Waals surface area (Å²) in [6.07, 6.45) is 9.95. The van der Waals surface area contributed by atoms with Crippen molar-refractivity contribution in [2.24, 2.45) is 29.6 Å². The molecular formula is C25H27NO3S2. The molecule has 2 heterocycles. The number of thioether (sulfide) groups is 1. The van der Waals surface area contributed by atoms with Gasteiger partial charge in [-0.3, -0.25) is 9.69 Å². The quantitative estimate of drug-likeness (QED) is 0.533. The van der Waals surface area contributed by atoms with Gasteiger partial charge in [0.2, 0.25) is 0 Å². The molecule has 31 heavy (non-hydrogen) atoms. The van der Waals surface area contributed by atoms with E-state index in [0.29, 0.717) is 21.1 Å². The van der Waals surface area contributed by atoms with E-state index in [1.54, 1.807) is 0 Å². The first-order valence-corrected chi connectivity index (χ1v) is 12.6. The Morgan fingerprint density at radius 3 is 2.42 bits per heavy atom. The summed E-state index contributed by atoms with van der Waals surface area (Å²) in [5.74, 6) is 3.59. The van der Waals surface area contributed by atoms with Crippen LogP contribution in [0.2, 0.25) is 0 Å². The van der Waals surface area contributed by atoms with Gasteiger partial charge in [0.25, 0.3) is 5.91 Å². The molecule has 1 aromatic rings. The second-order valence-electron chi connectivity index (χ2n) is 9.82. The summed E-state index contributed by atoms with van der Waals surface area (Å²) in [6.45, 7) is -0.0205. The summed E-state index contributed by atoms with van der Waals surface area (Å²) in [4.78, 5) is 16.1. The standard InChI is InChI=1S/C25H27NO3S2/c27-13-19-11-20(16-4-2-1-3-5-16)29-21(19)12-22-24(28)26(25(30)31-22)23-17-7-14-6-15(9-17)10-18(23)8-14/h1-5,11-12,14-15,17-19,21,23,27H,6-10,13H2. The average molecular weight is 454 g/mol. The van der Waals surface area contributed by atoms with Crippen LogP contribution in [-0.2, 0) is 9.53 Å². The zero-order chi connectivity index (χ0) is 21.1. The second kappa shape index (κ2) is 7.75. The number of aliphatic hydroxyl groups is 1. The number of amides is 1. The number of hydrogen-bond donors (Lipinski definition) is 1. The summed E-state index contributed by atoms with van der Waals surface area (Å²) in [6, 6.07) is 10.2. The van der Waals surface area contributed by atoms with Crippen LogP contribution in [0.1, 0.15) is 37.7 Å². The van der Waals surface area contributed by atoms with Gasteiger partial charge in [-0.15, -0.1) is 0 Å². The lowest BCUT2D eigenvalue weighted by molar-refractivity contribution is -0.130. The molecule has 2 aliphatic heterocycles. The van der Waals surface area contributed by atoms with Crippen LogP contribution in [0.3, 0.4) is 0 Å². The van der Waals surface area contributed by atoms with Crippen LogP contribution in [0.4, 0.5) is 0 Å². The highest BCUT2D eigenvalue weighted by Crippen LogP contribution is 2.56. The van der Waals surface area contributed by atoms with Gasteiger partial charge in [-0.2, -0.15) is 0 Å². The molecule has 7 rings (SSSR count). The van der Waals surface area contributed by atoms with Crippen molar-refractivity contribution in [1.29, 1.82) is 0 Å². The third kappa shape index (κ3) is 3.38. The Labute approximate surface area is 192 Å². The highest BCUT2D eigenvalue weighted by atomic mass is 32.2. The van der Waals surface area contributed by atoms with Crippen molar-refractivity contribution in [3.8, 4) is 0 Å². The molecule has 0 spiro atoms. The Bertz CT molecular complexity index is 944. The highest BCUT2D eigenvalue weighted by Gasteiger charge is 2.53. The highest BCUT2D eigenvalue weighted by molar-refractivity contribution is 8.26. The fourth-order valence-corrected chi connectivity index (χ4v) is 8.21. The van der Waals surface area contributed by atoms with Gasteiger partial charge in [0.1, 0.15) is 16.2 Å². The van der Waals surface area contributed by atoms with Crippen LogP contribution in [0, 0.1) is 29.6 Å². The Morgan fingerprint density at radius 1 is 1.10 bits per heavy atom. The summed E-state index contributed by atoms with van der Waals surface area (Å²) >= 11 is 7.12. The Hall–Kier alpha value is -1.63. The number of nitrogens with zero attached hydrogens (tertiary/aromatic N) is 1. The van der Waals surface area contributed by atoms with E-state index >= 15 is 0 Å². The summed E-state index contributed by atoms with van der Waals surface area (Å²) < 4.78 is 6.87. The molecule has 0 aromatic heterocycles. The maximum Gasteiger partial charge on any atom is 0.266 e. The molecule has 4 nitrogen and oxygen atoms in total. The molecule has 4 saturated carbocycles. The number of carbonyl (C=O) groups excluding carboxylic acids is 1. The number of aliphatic hydroxyl groups excluding tert-OH is 1. The minimum atomic E-state index is -0.354. The summed E-state index contributed by atoms with van der Waals surface area (Å²) in [7, 11) is 0. The number of thiocarbonyl (C=S) groups is 1. The van der Waals surface area contributed by atoms with E-state index < -0.39 is 0 Å². The zero-order valence-corrected chi connectivity index (χ0v) is 19.0. The summed E-state index contributed by atoms with van der Waals surface area (Å²) in [5.41, 5.74) is 0.984. The van der Waals surface area contributed by atoms with Crippen molar-refractivity contribution in [2.75, 3.05) is 6.61 Å². The van der Waals surface area contributed by atoms with Gasteiger partial charge in [-0.1, -0.05) is 54.3 Å². The predicted octanol–water partition coefficient (Wildman–Crippen LogP) is 4.60. The maximum absolute atomic E-state index is 13.5. The summed E-state index contributed by atoms with van der Waals surface area (Å²) in [5, 5.41) is 9.90. The lowest BCUT2D eigenvalue weighted by Gasteiger charge is -2.56. The lowest BCUT2D eigenvalue weighted by atomic mass is 9.54. The molecule has 4 aliphatic carbocycles. The van der Waals surface area contributed by atoms with Crippen molar-refractivity contribution in [2.45, 2.75) is 44.2 Å². The lowest BCUT2D eigenvalue weighted by Crippen LogP contribution is -2.57. The Balaban J connectivity index is 1.23. The third-order valence-electron chi connectivity index (χ3n) is 7.93. The fourth-order valence-electron chi connectivity index (χ4n) is 6.86. The third-order valence-corrected chi connectivity index (χ3v) is 9.28. The van der Waals surface area contributed by atoms with Gasteiger partial charge >= 0.3 is 0 Å². The van der Waals surface area contributed by atoms with Crippen molar-refractivity contribution in [3.05, 3.63) is 53.0 Å². The largest absolute Gasteiger partial charge is 0.485 e. The van der Waals surface area contributed by atoms with E-state index in [4.69, 9.17) is 17.0 Å². The molecule has 162 valence electrons. The molecule has 6 aliphatic rings. The van der Waals surface area contributed by atoms with Crippen LogP contribution in [0.5, 0.6) is 0 Å². The van der Waals surface area contributed by atoms with Crippen LogP contribution in [0.15, 0.2) is 47.4 Å². The van der Waals surface area contributed by atoms with Crippen LogP contribution in [-0.4, -0.2) is 39.0 Å². The van der Waals surface area contributed by atoms with Crippen molar-refractivity contribution < 1.29 is 14.6 Å². The normalized spacial score (nSPS) is 40.0. The topological polar surface area (TPSA) is 49.8 Å². The van der Waals surface area contributed by atoms with Gasteiger partial charge < -0.3 is 9.84 Å². The van der Waals surface area contributed by atoms with E-state index in [9.17, 15) is 9.90 Å². The molecule has 6 heteroatoms. The van der Waals surface area contributed by atoms with Crippen LogP contribution >= 0.6 is 24.0 Å². The number of ether oxygens (including phenoxy) is 1. The molecule has 0 radical (unpaired) electrons. The molecule has 2 unspecified atom stereocenters. The molecule has 4 bridgehead atoms. The zero-order valence-electron chi connectivity index (χ0n) is 17.4. The van der Waals surface area contributed by atoms with E-state index in [-0.39, 0.29) is 30.6 Å². The maximum atomic E-state index is 13.5. The molecule has 1 amide bonds. The molecule has 1 N–H and O–H groups in total. The van der Waals surface area contributed by atoms with Gasteiger partial charge in [-0.25, -0.2) is 0 Å². The van der Waals surface area contributed by atoms with Crippen LogP contribution in [0.25, 0.3) is 5.76 Å². The van der Waals surface area contributed by atoms with Gasteiger partial charge in [0.15, 0.2) is 0 Å². The predicted molar refractivity (Wildman–Crippen MR) is 126 cm³/mol. The molecule has 5 fully saturated rings. The first-order valence-electron chi connectivity index (χ1n) is 11.4. The number of carbonyl (C=O) groups is 1. The van der Waals surface area contributed by atoms with Gasteiger partial charge in [0, 0.05) is 17.5 Å². The van der Waals surface area contributed by atoms with Crippen molar-refractivity contribution in [1.82, 2.24) is 4.90 Å². The van der Waals surface area contributed by atoms with E-state index in [1.165, 1.54) is 43.9 Å². The number of benzene rings is 1. The van der Waals surface area contributed by atoms with Crippen LogP contribution < -0.4 is 0 Å². The minimum Gasteiger partial charge on any atom is -0.485 e. The first kappa shape index (κ1) is 20.0. The first-order chi connectivity index (χ1) is 15.1. The van der Waals surface area contributed by atoms with E-state index in [2.05, 4.69) is 0 Å². The van der Waals surface area contributed by atoms with E-state index in [0.717, 1.165) is 23.2 Å². The average Bonchev–Trinajstić information content (AvgIpc) is 3.29. The monoisotopic (exact) mass is 453 g/mol. The molecule has 2 atom stereocenters. The molecular weight excluding hydrogens is 426 g/mol. The molecule has 1 aromatic carbocycles. The van der Waals surface area contributed by atoms with E-state index in [1.807, 2.05) is 47.4 Å². The molecule has 1 saturated heterocycles. The fraction of sp³-hybridized carbons (Fsp3) is 0.520. The number of hydrogen-bond acceptors (Lipinski definition) is 5. The minimum absolute atomic E-state index is 0.0205. The van der Waals surface area contributed by atoms with Gasteiger partial charge in [-0.05, 0) is 67.9 Å². The van der Waals surface area contributed by atoms with Crippen molar-refractivity contribution in [3.63, 3.8) is 0 Å².